The van der Waals surface area contributed by atoms with Crippen LogP contribution in [0, 0.1) is 0 Å². The summed E-state index contributed by atoms with van der Waals surface area (Å²) in [5.74, 6) is 1.03. The molecule has 4 nitrogen and oxygen atoms in total. The number of pyridine rings is 1. The fourth-order valence-electron chi connectivity index (χ4n) is 1.44. The van der Waals surface area contributed by atoms with E-state index >= 15 is 0 Å². The molecular formula is C11H5BrClN3OS. The Morgan fingerprint density at radius 2 is 2.17 bits per heavy atom. The van der Waals surface area contributed by atoms with Crippen LogP contribution >= 0.6 is 38.9 Å². The third-order valence-corrected chi connectivity index (χ3v) is 3.57. The summed E-state index contributed by atoms with van der Waals surface area (Å²) in [7, 11) is 0. The molecule has 0 aromatic carbocycles. The Labute approximate surface area is 120 Å². The van der Waals surface area contributed by atoms with Gasteiger partial charge in [0.15, 0.2) is 0 Å². The lowest BCUT2D eigenvalue weighted by atomic mass is 10.4. The maximum Gasteiger partial charge on any atom is 0.232 e. The predicted molar refractivity (Wildman–Crippen MR) is 74.4 cm³/mol. The Kier molecular flexibility index (Phi) is 3.15. The summed E-state index contributed by atoms with van der Waals surface area (Å²) in [4.78, 5) is 13.0. The number of halogens is 2. The number of thiophene rings is 1. The standard InChI is InChI=1S/C11H5BrClN3OS/c12-6-3-7(5-14-4-6)17-9-8-1-2-18-10(8)16-11(13)15-9/h1-5H. The molecule has 3 aromatic rings. The molecule has 0 saturated carbocycles. The van der Waals surface area contributed by atoms with Crippen molar-refractivity contribution in [2.75, 3.05) is 0 Å². The molecule has 0 aliphatic rings. The van der Waals surface area contributed by atoms with E-state index in [1.807, 2.05) is 11.4 Å². The Morgan fingerprint density at radius 1 is 1.28 bits per heavy atom. The molecule has 7 heteroatoms. The fourth-order valence-corrected chi connectivity index (χ4v) is 2.75. The van der Waals surface area contributed by atoms with Crippen LogP contribution in [-0.2, 0) is 0 Å². The largest absolute Gasteiger partial charge is 0.437 e. The summed E-state index contributed by atoms with van der Waals surface area (Å²) in [6.07, 6.45) is 3.29. The van der Waals surface area contributed by atoms with Crippen molar-refractivity contribution >= 4 is 49.1 Å². The second kappa shape index (κ2) is 4.79. The molecule has 0 aliphatic carbocycles. The van der Waals surface area contributed by atoms with Crippen LogP contribution in [0.4, 0.5) is 0 Å². The minimum Gasteiger partial charge on any atom is -0.437 e. The first-order chi connectivity index (χ1) is 8.72. The van der Waals surface area contributed by atoms with Gasteiger partial charge in [0.2, 0.25) is 11.2 Å². The fraction of sp³-hybridized carbons (Fsp3) is 0. The summed E-state index contributed by atoms with van der Waals surface area (Å²) in [5.41, 5.74) is 0. The highest BCUT2D eigenvalue weighted by molar-refractivity contribution is 9.10. The number of rotatable bonds is 2. The van der Waals surface area contributed by atoms with Crippen molar-refractivity contribution in [3.63, 3.8) is 0 Å². The summed E-state index contributed by atoms with van der Waals surface area (Å²) in [6.45, 7) is 0. The van der Waals surface area contributed by atoms with Gasteiger partial charge in [-0.3, -0.25) is 4.98 Å². The number of hydrogen-bond acceptors (Lipinski definition) is 5. The SMILES string of the molecule is Clc1nc(Oc2cncc(Br)c2)c2ccsc2n1. The summed E-state index contributed by atoms with van der Waals surface area (Å²) in [6, 6.07) is 3.71. The maximum atomic E-state index is 5.86. The lowest BCUT2D eigenvalue weighted by Gasteiger charge is -2.05. The molecule has 0 atom stereocenters. The van der Waals surface area contributed by atoms with Gasteiger partial charge in [-0.1, -0.05) is 0 Å². The Bertz CT molecular complexity index is 718. The molecule has 0 N–H and O–H groups in total. The second-order valence-electron chi connectivity index (χ2n) is 3.38. The summed E-state index contributed by atoms with van der Waals surface area (Å²) < 4.78 is 6.53. The van der Waals surface area contributed by atoms with Gasteiger partial charge in [0.25, 0.3) is 0 Å². The zero-order valence-corrected chi connectivity index (χ0v) is 12.0. The van der Waals surface area contributed by atoms with Gasteiger partial charge in [0.1, 0.15) is 10.6 Å². The van der Waals surface area contributed by atoms with Gasteiger partial charge in [-0.05, 0) is 45.0 Å². The number of fused-ring (bicyclic) bond motifs is 1. The molecule has 3 aromatic heterocycles. The van der Waals surface area contributed by atoms with Crippen molar-refractivity contribution in [2.45, 2.75) is 0 Å². The molecule has 3 heterocycles. The number of aromatic nitrogens is 3. The first-order valence-electron chi connectivity index (χ1n) is 4.91. The number of hydrogen-bond donors (Lipinski definition) is 0. The molecule has 3 rings (SSSR count). The smallest absolute Gasteiger partial charge is 0.232 e. The minimum absolute atomic E-state index is 0.169. The second-order valence-corrected chi connectivity index (χ2v) is 5.53. The maximum absolute atomic E-state index is 5.86. The zero-order chi connectivity index (χ0) is 12.5. The van der Waals surface area contributed by atoms with Crippen LogP contribution in [0.2, 0.25) is 5.28 Å². The van der Waals surface area contributed by atoms with Crippen molar-refractivity contribution in [1.29, 1.82) is 0 Å². The van der Waals surface area contributed by atoms with Crippen LogP contribution in [0.5, 0.6) is 11.6 Å². The van der Waals surface area contributed by atoms with E-state index in [1.54, 1.807) is 18.5 Å². The quantitative estimate of drug-likeness (QED) is 0.652. The van der Waals surface area contributed by atoms with Gasteiger partial charge >= 0.3 is 0 Å². The molecule has 90 valence electrons. The van der Waals surface area contributed by atoms with Gasteiger partial charge in [0, 0.05) is 10.7 Å². The van der Waals surface area contributed by atoms with Crippen molar-refractivity contribution in [3.05, 3.63) is 39.7 Å². The predicted octanol–water partition coefficient (Wildman–Crippen LogP) is 4.29. The van der Waals surface area contributed by atoms with E-state index in [2.05, 4.69) is 30.9 Å². The van der Waals surface area contributed by atoms with E-state index < -0.39 is 0 Å². The highest BCUT2D eigenvalue weighted by Crippen LogP contribution is 2.31. The molecule has 0 radical (unpaired) electrons. The first-order valence-corrected chi connectivity index (χ1v) is 6.96. The monoisotopic (exact) mass is 341 g/mol. The molecule has 0 fully saturated rings. The van der Waals surface area contributed by atoms with Crippen molar-refractivity contribution in [1.82, 2.24) is 15.0 Å². The topological polar surface area (TPSA) is 47.9 Å². The van der Waals surface area contributed by atoms with E-state index in [4.69, 9.17) is 16.3 Å². The Hall–Kier alpha value is -1.24. The highest BCUT2D eigenvalue weighted by atomic mass is 79.9. The molecule has 0 saturated heterocycles. The normalized spacial score (nSPS) is 10.8. The lowest BCUT2D eigenvalue weighted by Crippen LogP contribution is -1.91. The third-order valence-electron chi connectivity index (χ3n) is 2.16. The van der Waals surface area contributed by atoms with Gasteiger partial charge in [0.05, 0.1) is 11.6 Å². The molecule has 0 spiro atoms. The van der Waals surface area contributed by atoms with Crippen LogP contribution in [0.1, 0.15) is 0 Å². The van der Waals surface area contributed by atoms with Gasteiger partial charge in [-0.15, -0.1) is 11.3 Å². The summed E-state index contributed by atoms with van der Waals surface area (Å²) >= 11 is 10.7. The van der Waals surface area contributed by atoms with E-state index in [0.717, 1.165) is 14.7 Å². The van der Waals surface area contributed by atoms with Crippen molar-refractivity contribution < 1.29 is 4.74 Å². The van der Waals surface area contributed by atoms with Crippen LogP contribution in [0.15, 0.2) is 34.4 Å². The van der Waals surface area contributed by atoms with Crippen molar-refractivity contribution in [3.8, 4) is 11.6 Å². The highest BCUT2D eigenvalue weighted by Gasteiger charge is 2.10. The minimum atomic E-state index is 0.169. The van der Waals surface area contributed by atoms with Crippen LogP contribution in [0.25, 0.3) is 10.2 Å². The van der Waals surface area contributed by atoms with Crippen molar-refractivity contribution in [2.24, 2.45) is 0 Å². The zero-order valence-electron chi connectivity index (χ0n) is 8.80. The Morgan fingerprint density at radius 3 is 3.00 bits per heavy atom. The van der Waals surface area contributed by atoms with E-state index in [0.29, 0.717) is 11.6 Å². The first kappa shape index (κ1) is 11.8. The molecular weight excluding hydrogens is 338 g/mol. The van der Waals surface area contributed by atoms with E-state index in [9.17, 15) is 0 Å². The average molecular weight is 343 g/mol. The molecule has 0 amide bonds. The number of ether oxygens (including phenoxy) is 1. The molecule has 0 bridgehead atoms. The van der Waals surface area contributed by atoms with Gasteiger partial charge in [-0.25, -0.2) is 4.98 Å². The van der Waals surface area contributed by atoms with E-state index in [1.165, 1.54) is 11.3 Å². The average Bonchev–Trinajstić information content (AvgIpc) is 2.77. The number of nitrogens with zero attached hydrogens (tertiary/aromatic N) is 3. The summed E-state index contributed by atoms with van der Waals surface area (Å²) in [5, 5.41) is 2.93. The molecule has 0 unspecified atom stereocenters. The van der Waals surface area contributed by atoms with E-state index in [-0.39, 0.29) is 5.28 Å². The van der Waals surface area contributed by atoms with Crippen LogP contribution < -0.4 is 4.74 Å². The van der Waals surface area contributed by atoms with Crippen LogP contribution in [-0.4, -0.2) is 15.0 Å². The van der Waals surface area contributed by atoms with Gasteiger partial charge in [-0.2, -0.15) is 4.98 Å². The van der Waals surface area contributed by atoms with Crippen LogP contribution in [0.3, 0.4) is 0 Å². The Balaban J connectivity index is 2.06. The van der Waals surface area contributed by atoms with Gasteiger partial charge < -0.3 is 4.74 Å². The molecule has 0 aliphatic heterocycles. The third kappa shape index (κ3) is 2.31. The lowest BCUT2D eigenvalue weighted by molar-refractivity contribution is 0.466. The molecule has 18 heavy (non-hydrogen) atoms.